The number of amides is 1. The van der Waals surface area contributed by atoms with Crippen molar-refractivity contribution in [2.24, 2.45) is 11.8 Å². The number of hydrogen-bond donors (Lipinski definition) is 3. The van der Waals surface area contributed by atoms with Crippen molar-refractivity contribution >= 4 is 5.91 Å². The highest BCUT2D eigenvalue weighted by molar-refractivity contribution is 5.80. The maximum Gasteiger partial charge on any atom is 0.227 e. The van der Waals surface area contributed by atoms with Crippen LogP contribution in [0.2, 0.25) is 0 Å². The number of likely N-dealkylation sites (tertiary alicyclic amines) is 1. The summed E-state index contributed by atoms with van der Waals surface area (Å²) >= 11 is 0. The van der Waals surface area contributed by atoms with Crippen molar-refractivity contribution in [3.8, 4) is 0 Å². The summed E-state index contributed by atoms with van der Waals surface area (Å²) < 4.78 is 0. The van der Waals surface area contributed by atoms with Crippen molar-refractivity contribution in [2.75, 3.05) is 26.2 Å². The van der Waals surface area contributed by atoms with Crippen LogP contribution in [0.15, 0.2) is 0 Å². The Kier molecular flexibility index (Phi) is 2.95. The summed E-state index contributed by atoms with van der Waals surface area (Å²) in [4.78, 5) is 13.6. The lowest BCUT2D eigenvalue weighted by atomic mass is 9.97. The van der Waals surface area contributed by atoms with E-state index in [0.717, 1.165) is 6.54 Å². The SMILES string of the molecule is CC1CNCC1C(=O)N1C[C@@H](O)[C@@H](O)C1. The fourth-order valence-corrected chi connectivity index (χ4v) is 2.32. The van der Waals surface area contributed by atoms with Crippen LogP contribution in [0.5, 0.6) is 0 Å². The van der Waals surface area contributed by atoms with Crippen molar-refractivity contribution in [3.05, 3.63) is 0 Å². The third-order valence-electron chi connectivity index (χ3n) is 3.41. The van der Waals surface area contributed by atoms with E-state index in [4.69, 9.17) is 0 Å². The molecule has 0 radical (unpaired) electrons. The van der Waals surface area contributed by atoms with Crippen LogP contribution in [-0.4, -0.2) is 59.4 Å². The van der Waals surface area contributed by atoms with Crippen LogP contribution in [-0.2, 0) is 4.79 Å². The number of nitrogens with zero attached hydrogens (tertiary/aromatic N) is 1. The van der Waals surface area contributed by atoms with Crippen molar-refractivity contribution < 1.29 is 15.0 Å². The van der Waals surface area contributed by atoms with Gasteiger partial charge >= 0.3 is 0 Å². The molecular weight excluding hydrogens is 196 g/mol. The Bertz CT molecular complexity index is 249. The second-order valence-electron chi connectivity index (χ2n) is 4.62. The number of aliphatic hydroxyl groups excluding tert-OH is 2. The first-order valence-electron chi connectivity index (χ1n) is 5.45. The zero-order valence-electron chi connectivity index (χ0n) is 8.89. The molecule has 2 rings (SSSR count). The van der Waals surface area contributed by atoms with Crippen molar-refractivity contribution in [2.45, 2.75) is 19.1 Å². The third kappa shape index (κ3) is 2.00. The predicted octanol–water partition coefficient (Wildman–Crippen LogP) is -1.59. The van der Waals surface area contributed by atoms with Crippen molar-refractivity contribution in [3.63, 3.8) is 0 Å². The molecule has 0 bridgehead atoms. The molecule has 0 spiro atoms. The van der Waals surface area contributed by atoms with Crippen LogP contribution in [0.1, 0.15) is 6.92 Å². The third-order valence-corrected chi connectivity index (χ3v) is 3.41. The van der Waals surface area contributed by atoms with E-state index < -0.39 is 12.2 Å². The van der Waals surface area contributed by atoms with Gasteiger partial charge in [-0.3, -0.25) is 4.79 Å². The van der Waals surface area contributed by atoms with Gasteiger partial charge in [-0.1, -0.05) is 6.92 Å². The minimum Gasteiger partial charge on any atom is -0.388 e. The van der Waals surface area contributed by atoms with Crippen LogP contribution >= 0.6 is 0 Å². The summed E-state index contributed by atoms with van der Waals surface area (Å²) in [7, 11) is 0. The average molecular weight is 214 g/mol. The highest BCUT2D eigenvalue weighted by atomic mass is 16.3. The molecule has 4 atom stereocenters. The van der Waals surface area contributed by atoms with Gasteiger partial charge in [0.2, 0.25) is 5.91 Å². The topological polar surface area (TPSA) is 72.8 Å². The maximum absolute atomic E-state index is 12.0. The molecular formula is C10H18N2O3. The van der Waals surface area contributed by atoms with Gasteiger partial charge in [0.25, 0.3) is 0 Å². The summed E-state index contributed by atoms with van der Waals surface area (Å²) in [5, 5.41) is 21.9. The molecule has 0 aliphatic carbocycles. The van der Waals surface area contributed by atoms with E-state index in [2.05, 4.69) is 5.32 Å². The fourth-order valence-electron chi connectivity index (χ4n) is 2.32. The van der Waals surface area contributed by atoms with E-state index in [1.54, 1.807) is 4.90 Å². The Balaban J connectivity index is 1.97. The molecule has 5 nitrogen and oxygen atoms in total. The number of rotatable bonds is 1. The lowest BCUT2D eigenvalue weighted by Gasteiger charge is -2.21. The number of carbonyl (C=O) groups excluding carboxylic acids is 1. The first kappa shape index (κ1) is 10.9. The number of carbonyl (C=O) groups is 1. The van der Waals surface area contributed by atoms with Gasteiger partial charge in [0.05, 0.1) is 18.1 Å². The number of hydrogen-bond acceptors (Lipinski definition) is 4. The molecule has 15 heavy (non-hydrogen) atoms. The highest BCUT2D eigenvalue weighted by Crippen LogP contribution is 2.21. The van der Waals surface area contributed by atoms with Gasteiger partial charge in [-0.05, 0) is 12.5 Å². The molecule has 0 aromatic rings. The van der Waals surface area contributed by atoms with Crippen molar-refractivity contribution in [1.29, 1.82) is 0 Å². The van der Waals surface area contributed by atoms with E-state index >= 15 is 0 Å². The molecule has 1 amide bonds. The first-order valence-corrected chi connectivity index (χ1v) is 5.45. The van der Waals surface area contributed by atoms with E-state index in [0.29, 0.717) is 12.5 Å². The minimum atomic E-state index is -0.779. The average Bonchev–Trinajstić information content (AvgIpc) is 2.74. The minimum absolute atomic E-state index is 0.00231. The monoisotopic (exact) mass is 214 g/mol. The normalized spacial score (nSPS) is 41.1. The molecule has 2 saturated heterocycles. The van der Waals surface area contributed by atoms with Gasteiger partial charge in [-0.25, -0.2) is 0 Å². The standard InChI is InChI=1S/C10H18N2O3/c1-6-2-11-3-7(6)10(15)12-4-8(13)9(14)5-12/h6-9,11,13-14H,2-5H2,1H3/t6?,7?,8-,9+. The Labute approximate surface area is 89.1 Å². The quantitative estimate of drug-likeness (QED) is 0.492. The molecule has 2 aliphatic heterocycles. The maximum atomic E-state index is 12.0. The summed E-state index contributed by atoms with van der Waals surface area (Å²) in [6.45, 7) is 4.16. The second kappa shape index (κ2) is 4.08. The summed E-state index contributed by atoms with van der Waals surface area (Å²) in [5.41, 5.74) is 0. The molecule has 86 valence electrons. The van der Waals surface area contributed by atoms with Gasteiger partial charge in [0.1, 0.15) is 0 Å². The molecule has 0 aromatic carbocycles. The lowest BCUT2D eigenvalue weighted by molar-refractivity contribution is -0.135. The molecule has 2 heterocycles. The Hall–Kier alpha value is -0.650. The summed E-state index contributed by atoms with van der Waals surface area (Å²) in [6, 6.07) is 0. The Morgan fingerprint density at radius 1 is 1.27 bits per heavy atom. The summed E-state index contributed by atoms with van der Waals surface area (Å²) in [6.07, 6.45) is -1.56. The fraction of sp³-hybridized carbons (Fsp3) is 0.900. The van der Waals surface area contributed by atoms with Gasteiger partial charge < -0.3 is 20.4 Å². The van der Waals surface area contributed by atoms with Gasteiger partial charge in [0, 0.05) is 19.6 Å². The van der Waals surface area contributed by atoms with E-state index in [9.17, 15) is 15.0 Å². The van der Waals surface area contributed by atoms with E-state index in [-0.39, 0.29) is 24.9 Å². The number of β-amino-alcohol motifs (C(OH)–C–C–N with tert-alkyl or cyclic N) is 2. The predicted molar refractivity (Wildman–Crippen MR) is 54.1 cm³/mol. The zero-order chi connectivity index (χ0) is 11.0. The Morgan fingerprint density at radius 2 is 1.87 bits per heavy atom. The van der Waals surface area contributed by atoms with Crippen LogP contribution in [0, 0.1) is 11.8 Å². The van der Waals surface area contributed by atoms with Gasteiger partial charge in [0.15, 0.2) is 0 Å². The van der Waals surface area contributed by atoms with Gasteiger partial charge in [-0.2, -0.15) is 0 Å². The van der Waals surface area contributed by atoms with Crippen LogP contribution in [0.25, 0.3) is 0 Å². The van der Waals surface area contributed by atoms with E-state index in [1.807, 2.05) is 6.92 Å². The van der Waals surface area contributed by atoms with Crippen molar-refractivity contribution in [1.82, 2.24) is 10.2 Å². The van der Waals surface area contributed by atoms with Crippen LogP contribution in [0.3, 0.4) is 0 Å². The number of aliphatic hydroxyl groups is 2. The number of nitrogens with one attached hydrogen (secondary N) is 1. The first-order chi connectivity index (χ1) is 7.09. The van der Waals surface area contributed by atoms with Gasteiger partial charge in [-0.15, -0.1) is 0 Å². The lowest BCUT2D eigenvalue weighted by Crippen LogP contribution is -2.38. The summed E-state index contributed by atoms with van der Waals surface area (Å²) in [5.74, 6) is 0.401. The molecule has 2 unspecified atom stereocenters. The van der Waals surface area contributed by atoms with Crippen LogP contribution in [0.4, 0.5) is 0 Å². The molecule has 3 N–H and O–H groups in total. The highest BCUT2D eigenvalue weighted by Gasteiger charge is 2.38. The Morgan fingerprint density at radius 3 is 2.33 bits per heavy atom. The van der Waals surface area contributed by atoms with Crippen LogP contribution < -0.4 is 5.32 Å². The molecule has 5 heteroatoms. The van der Waals surface area contributed by atoms with E-state index in [1.165, 1.54) is 0 Å². The molecule has 0 aromatic heterocycles. The molecule has 0 saturated carbocycles. The molecule has 2 aliphatic rings. The zero-order valence-corrected chi connectivity index (χ0v) is 8.89. The molecule has 2 fully saturated rings. The smallest absolute Gasteiger partial charge is 0.227 e. The largest absolute Gasteiger partial charge is 0.388 e. The second-order valence-corrected chi connectivity index (χ2v) is 4.62.